The second-order valence-corrected chi connectivity index (χ2v) is 8.01. The molecule has 0 saturated heterocycles. The van der Waals surface area contributed by atoms with Gasteiger partial charge in [0.2, 0.25) is 5.91 Å². The van der Waals surface area contributed by atoms with Crippen LogP contribution in [0.15, 0.2) is 5.16 Å². The highest BCUT2D eigenvalue weighted by atomic mass is 32.2. The second kappa shape index (κ2) is 10.2. The molecule has 2 rings (SSSR count). The Kier molecular flexibility index (Phi) is 8.22. The zero-order chi connectivity index (χ0) is 18.2. The predicted molar refractivity (Wildman–Crippen MR) is 103 cm³/mol. The minimum absolute atomic E-state index is 0.114. The molecular formula is C18H33N5OS. The summed E-state index contributed by atoms with van der Waals surface area (Å²) < 4.78 is 2.21. The summed E-state index contributed by atoms with van der Waals surface area (Å²) >= 11 is 1.51. The molecule has 1 atom stereocenters. The van der Waals surface area contributed by atoms with Crippen LogP contribution in [0.5, 0.6) is 0 Å². The van der Waals surface area contributed by atoms with E-state index >= 15 is 0 Å². The Hall–Kier alpha value is -1.08. The summed E-state index contributed by atoms with van der Waals surface area (Å²) in [5, 5.41) is 12.9. The smallest absolute Gasteiger partial charge is 0.230 e. The molecule has 1 aliphatic carbocycles. The lowest BCUT2D eigenvalue weighted by atomic mass is 10.2. The van der Waals surface area contributed by atoms with Crippen LogP contribution in [0, 0.1) is 0 Å². The fraction of sp³-hybridized carbons (Fsp3) is 0.833. The van der Waals surface area contributed by atoms with E-state index in [2.05, 4.69) is 52.9 Å². The van der Waals surface area contributed by atoms with Crippen LogP contribution in [-0.4, -0.2) is 51.5 Å². The molecule has 1 N–H and O–H groups in total. The molecule has 0 aromatic carbocycles. The topological polar surface area (TPSA) is 63.1 Å². The van der Waals surface area contributed by atoms with Crippen LogP contribution in [0.2, 0.25) is 0 Å². The predicted octanol–water partition coefficient (Wildman–Crippen LogP) is 3.24. The van der Waals surface area contributed by atoms with Gasteiger partial charge in [0.25, 0.3) is 0 Å². The third kappa shape index (κ3) is 5.71. The summed E-state index contributed by atoms with van der Waals surface area (Å²) in [4.78, 5) is 14.4. The molecule has 1 aliphatic rings. The van der Waals surface area contributed by atoms with E-state index in [4.69, 9.17) is 0 Å². The number of carbonyl (C=O) groups excluding carboxylic acids is 1. The van der Waals surface area contributed by atoms with Crippen molar-refractivity contribution in [2.75, 3.05) is 19.8 Å². The molecule has 0 bridgehead atoms. The van der Waals surface area contributed by atoms with Gasteiger partial charge in [-0.1, -0.05) is 44.9 Å². The van der Waals surface area contributed by atoms with Crippen molar-refractivity contribution in [3.8, 4) is 0 Å². The number of hydrogen-bond acceptors (Lipinski definition) is 5. The molecule has 1 amide bonds. The molecule has 1 fully saturated rings. The Morgan fingerprint density at radius 3 is 2.64 bits per heavy atom. The van der Waals surface area contributed by atoms with Crippen molar-refractivity contribution in [3.63, 3.8) is 0 Å². The first kappa shape index (κ1) is 20.2. The Balaban J connectivity index is 2.02. The van der Waals surface area contributed by atoms with Crippen molar-refractivity contribution < 1.29 is 4.79 Å². The number of hydrogen-bond donors (Lipinski definition) is 1. The van der Waals surface area contributed by atoms with Crippen molar-refractivity contribution in [2.45, 2.75) is 82.6 Å². The standard InChI is InChI=1S/C18H33N5OS/c1-5-7-12-23-17(15(6-2)22(3)4)20-21-18(23)25-13-16(24)19-14-10-8-9-11-14/h14-15H,5-13H2,1-4H3,(H,19,24). The number of nitrogens with one attached hydrogen (secondary N) is 1. The van der Waals surface area contributed by atoms with E-state index in [0.29, 0.717) is 11.8 Å². The van der Waals surface area contributed by atoms with Crippen molar-refractivity contribution in [3.05, 3.63) is 5.82 Å². The van der Waals surface area contributed by atoms with Crippen LogP contribution in [0.25, 0.3) is 0 Å². The summed E-state index contributed by atoms with van der Waals surface area (Å²) in [6.07, 6.45) is 7.91. The van der Waals surface area contributed by atoms with Gasteiger partial charge in [-0.3, -0.25) is 9.69 Å². The number of nitrogens with zero attached hydrogens (tertiary/aromatic N) is 4. The van der Waals surface area contributed by atoms with Crippen LogP contribution in [0.4, 0.5) is 0 Å². The molecule has 1 unspecified atom stereocenters. The van der Waals surface area contributed by atoms with Gasteiger partial charge in [-0.05, 0) is 39.8 Å². The van der Waals surface area contributed by atoms with Crippen molar-refractivity contribution in [1.29, 1.82) is 0 Å². The molecular weight excluding hydrogens is 334 g/mol. The SMILES string of the molecule is CCCCn1c(SCC(=O)NC2CCCC2)nnc1C(CC)N(C)C. The highest BCUT2D eigenvalue weighted by molar-refractivity contribution is 7.99. The molecule has 0 radical (unpaired) electrons. The highest BCUT2D eigenvalue weighted by Crippen LogP contribution is 2.26. The first-order chi connectivity index (χ1) is 12.1. The van der Waals surface area contributed by atoms with Gasteiger partial charge in [-0.25, -0.2) is 0 Å². The summed E-state index contributed by atoms with van der Waals surface area (Å²) in [5.74, 6) is 1.54. The summed E-state index contributed by atoms with van der Waals surface area (Å²) in [5.41, 5.74) is 0. The van der Waals surface area contributed by atoms with E-state index < -0.39 is 0 Å². The summed E-state index contributed by atoms with van der Waals surface area (Å²) in [7, 11) is 4.16. The average molecular weight is 368 g/mol. The average Bonchev–Trinajstić information content (AvgIpc) is 3.21. The third-order valence-electron chi connectivity index (χ3n) is 4.84. The first-order valence-corrected chi connectivity index (χ1v) is 10.6. The molecule has 0 aliphatic heterocycles. The largest absolute Gasteiger partial charge is 0.353 e. The molecule has 1 aromatic rings. The van der Waals surface area contributed by atoms with Gasteiger partial charge in [-0.15, -0.1) is 10.2 Å². The molecule has 25 heavy (non-hydrogen) atoms. The van der Waals surface area contributed by atoms with Crippen LogP contribution in [0.3, 0.4) is 0 Å². The minimum atomic E-state index is 0.114. The number of thioether (sulfide) groups is 1. The van der Waals surface area contributed by atoms with E-state index in [0.717, 1.165) is 49.6 Å². The van der Waals surface area contributed by atoms with Gasteiger partial charge >= 0.3 is 0 Å². The number of carbonyl (C=O) groups is 1. The zero-order valence-corrected chi connectivity index (χ0v) is 16.9. The van der Waals surface area contributed by atoms with E-state index in [1.807, 2.05) is 0 Å². The molecule has 1 saturated carbocycles. The quantitative estimate of drug-likeness (QED) is 0.643. The summed E-state index contributed by atoms with van der Waals surface area (Å²) in [6, 6.07) is 0.630. The van der Waals surface area contributed by atoms with Gasteiger partial charge < -0.3 is 9.88 Å². The van der Waals surface area contributed by atoms with Gasteiger partial charge in [0.1, 0.15) is 0 Å². The van der Waals surface area contributed by atoms with Gasteiger partial charge in [0, 0.05) is 12.6 Å². The van der Waals surface area contributed by atoms with Crippen LogP contribution < -0.4 is 5.32 Å². The van der Waals surface area contributed by atoms with Gasteiger partial charge in [0.15, 0.2) is 11.0 Å². The van der Waals surface area contributed by atoms with Gasteiger partial charge in [-0.2, -0.15) is 0 Å². The van der Waals surface area contributed by atoms with E-state index in [1.54, 1.807) is 0 Å². The number of amides is 1. The van der Waals surface area contributed by atoms with Gasteiger partial charge in [0.05, 0.1) is 11.8 Å². The molecule has 1 aromatic heterocycles. The second-order valence-electron chi connectivity index (χ2n) is 7.07. The monoisotopic (exact) mass is 367 g/mol. The fourth-order valence-electron chi connectivity index (χ4n) is 3.43. The number of aromatic nitrogens is 3. The summed E-state index contributed by atoms with van der Waals surface area (Å²) in [6.45, 7) is 5.27. The number of rotatable bonds is 10. The van der Waals surface area contributed by atoms with Crippen molar-refractivity contribution in [1.82, 2.24) is 25.0 Å². The normalized spacial score (nSPS) is 16.5. The zero-order valence-electron chi connectivity index (χ0n) is 16.1. The molecule has 6 nitrogen and oxygen atoms in total. The molecule has 1 heterocycles. The number of unbranched alkanes of at least 4 members (excludes halogenated alkanes) is 1. The van der Waals surface area contributed by atoms with E-state index in [1.165, 1.54) is 24.6 Å². The van der Waals surface area contributed by atoms with Crippen molar-refractivity contribution in [2.24, 2.45) is 0 Å². The fourth-order valence-corrected chi connectivity index (χ4v) is 4.21. The minimum Gasteiger partial charge on any atom is -0.353 e. The Morgan fingerprint density at radius 1 is 1.32 bits per heavy atom. The Bertz CT molecular complexity index is 540. The Labute approximate surface area is 156 Å². The van der Waals surface area contributed by atoms with Crippen LogP contribution in [-0.2, 0) is 11.3 Å². The highest BCUT2D eigenvalue weighted by Gasteiger charge is 2.23. The lowest BCUT2D eigenvalue weighted by molar-refractivity contribution is -0.119. The maximum atomic E-state index is 12.2. The third-order valence-corrected chi connectivity index (χ3v) is 5.81. The van der Waals surface area contributed by atoms with E-state index in [9.17, 15) is 4.79 Å². The molecule has 0 spiro atoms. The maximum absolute atomic E-state index is 12.2. The lowest BCUT2D eigenvalue weighted by Gasteiger charge is -2.23. The van der Waals surface area contributed by atoms with Crippen molar-refractivity contribution >= 4 is 17.7 Å². The lowest BCUT2D eigenvalue weighted by Crippen LogP contribution is -2.33. The maximum Gasteiger partial charge on any atom is 0.230 e. The van der Waals surface area contributed by atoms with E-state index in [-0.39, 0.29) is 11.9 Å². The molecule has 142 valence electrons. The van der Waals surface area contributed by atoms with Crippen LogP contribution >= 0.6 is 11.8 Å². The van der Waals surface area contributed by atoms with Crippen LogP contribution in [0.1, 0.15) is 70.7 Å². The molecule has 7 heteroatoms. The first-order valence-electron chi connectivity index (χ1n) is 9.58. The Morgan fingerprint density at radius 2 is 2.04 bits per heavy atom.